The van der Waals surface area contributed by atoms with Crippen LogP contribution in [0.4, 0.5) is 0 Å². The maximum Gasteiger partial charge on any atom is 0.238 e. The fourth-order valence-corrected chi connectivity index (χ4v) is 9.55. The summed E-state index contributed by atoms with van der Waals surface area (Å²) in [7, 11) is 0. The van der Waals surface area contributed by atoms with E-state index in [1.165, 1.54) is 32.8 Å². The molecule has 1 aliphatic heterocycles. The van der Waals surface area contributed by atoms with Crippen molar-refractivity contribution < 1.29 is 4.74 Å². The zero-order valence-corrected chi connectivity index (χ0v) is 32.7. The lowest BCUT2D eigenvalue weighted by Gasteiger charge is -2.23. The van der Waals surface area contributed by atoms with Crippen molar-refractivity contribution in [2.45, 2.75) is 0 Å². The van der Waals surface area contributed by atoms with Gasteiger partial charge in [0, 0.05) is 49.3 Å². The average molecular weight is 780 g/mol. The van der Waals surface area contributed by atoms with Gasteiger partial charge < -0.3 is 9.30 Å². The lowest BCUT2D eigenvalue weighted by atomic mass is 9.90. The second-order valence-corrected chi connectivity index (χ2v) is 15.6. The molecule has 1 aliphatic rings. The van der Waals surface area contributed by atoms with E-state index >= 15 is 0 Å². The van der Waals surface area contributed by atoms with Crippen LogP contribution in [-0.4, -0.2) is 24.1 Å². The third-order valence-corrected chi connectivity index (χ3v) is 12.2. The first-order valence-electron chi connectivity index (χ1n) is 20.5. The quantitative estimate of drug-likeness (QED) is 0.175. The number of aromatic nitrogens is 5. The predicted molar refractivity (Wildman–Crippen MR) is 248 cm³/mol. The molecule has 0 saturated heterocycles. The van der Waals surface area contributed by atoms with Gasteiger partial charge in [0.25, 0.3) is 0 Å². The van der Waals surface area contributed by atoms with Gasteiger partial charge in [-0.2, -0.15) is 9.97 Å². The van der Waals surface area contributed by atoms with Gasteiger partial charge in [-0.25, -0.2) is 4.98 Å². The first kappa shape index (κ1) is 33.6. The highest BCUT2D eigenvalue weighted by molar-refractivity contribution is 6.26. The van der Waals surface area contributed by atoms with Gasteiger partial charge in [-0.3, -0.25) is 4.57 Å². The zero-order valence-electron chi connectivity index (χ0n) is 32.7. The molecule has 0 atom stereocenters. The van der Waals surface area contributed by atoms with Crippen LogP contribution in [0.3, 0.4) is 0 Å². The Bertz CT molecular complexity index is 3660. The molecule has 0 bridgehead atoms. The van der Waals surface area contributed by atoms with Crippen molar-refractivity contribution in [3.63, 3.8) is 0 Å². The number of para-hydroxylation sites is 3. The molecular formula is C55H33N5O. The standard InChI is InChI=1S/C55H33N5O/c1-4-16-34(17-5-1)53-56-54(35-18-6-2-7-19-35)58-55(57-53)60-45-27-13-11-23-41(45)50-38(24-14-28-46(50)60)36-30-31-39-43-33-47-51(42-25-15-29-48(52(42)43)61-49(39)32-36)40-22-10-12-26-44(40)59(47)37-20-8-3-9-21-37/h1-33H. The summed E-state index contributed by atoms with van der Waals surface area (Å²) in [6.45, 7) is 0. The Kier molecular flexibility index (Phi) is 7.21. The van der Waals surface area contributed by atoms with E-state index in [-0.39, 0.29) is 0 Å². The fraction of sp³-hybridized carbons (Fsp3) is 0. The summed E-state index contributed by atoms with van der Waals surface area (Å²) in [4.78, 5) is 15.3. The van der Waals surface area contributed by atoms with Crippen molar-refractivity contribution in [1.82, 2.24) is 24.1 Å². The second kappa shape index (κ2) is 13.1. The minimum atomic E-state index is 0.564. The highest BCUT2D eigenvalue weighted by Crippen LogP contribution is 2.52. The molecule has 9 aromatic carbocycles. The van der Waals surface area contributed by atoms with E-state index in [0.29, 0.717) is 17.6 Å². The smallest absolute Gasteiger partial charge is 0.238 e. The minimum absolute atomic E-state index is 0.564. The molecule has 0 aliphatic carbocycles. The molecule has 4 heterocycles. The molecule has 6 nitrogen and oxygen atoms in total. The Morgan fingerprint density at radius 1 is 0.328 bits per heavy atom. The molecule has 0 saturated carbocycles. The summed E-state index contributed by atoms with van der Waals surface area (Å²) >= 11 is 0. The molecule has 13 rings (SSSR count). The number of hydrogen-bond donors (Lipinski definition) is 0. The summed E-state index contributed by atoms with van der Waals surface area (Å²) in [6, 6.07) is 70.1. The monoisotopic (exact) mass is 779 g/mol. The van der Waals surface area contributed by atoms with Gasteiger partial charge in [0.05, 0.1) is 22.1 Å². The van der Waals surface area contributed by atoms with E-state index in [4.69, 9.17) is 19.7 Å². The molecule has 0 fully saturated rings. The fourth-order valence-electron chi connectivity index (χ4n) is 9.55. The van der Waals surface area contributed by atoms with E-state index in [9.17, 15) is 0 Å². The molecule has 12 aromatic rings. The largest absolute Gasteiger partial charge is 0.456 e. The maximum absolute atomic E-state index is 6.91. The topological polar surface area (TPSA) is 57.8 Å². The van der Waals surface area contributed by atoms with Gasteiger partial charge in [0.2, 0.25) is 5.95 Å². The van der Waals surface area contributed by atoms with Crippen LogP contribution in [0.15, 0.2) is 200 Å². The molecule has 0 N–H and O–H groups in total. The van der Waals surface area contributed by atoms with Crippen molar-refractivity contribution in [2.75, 3.05) is 0 Å². The molecule has 61 heavy (non-hydrogen) atoms. The molecular weight excluding hydrogens is 747 g/mol. The number of nitrogens with zero attached hydrogens (tertiary/aromatic N) is 5. The molecule has 3 aromatic heterocycles. The van der Waals surface area contributed by atoms with Gasteiger partial charge in [-0.05, 0) is 76.7 Å². The highest BCUT2D eigenvalue weighted by atomic mass is 16.5. The van der Waals surface area contributed by atoms with Gasteiger partial charge >= 0.3 is 0 Å². The second-order valence-electron chi connectivity index (χ2n) is 15.6. The van der Waals surface area contributed by atoms with Crippen LogP contribution >= 0.6 is 0 Å². The van der Waals surface area contributed by atoms with Crippen LogP contribution in [0.5, 0.6) is 11.5 Å². The van der Waals surface area contributed by atoms with Gasteiger partial charge in [0.1, 0.15) is 11.5 Å². The van der Waals surface area contributed by atoms with Gasteiger partial charge in [0.15, 0.2) is 11.6 Å². The number of fused-ring (bicyclic) bond motifs is 9. The van der Waals surface area contributed by atoms with E-state index < -0.39 is 0 Å². The highest BCUT2D eigenvalue weighted by Gasteiger charge is 2.26. The van der Waals surface area contributed by atoms with Gasteiger partial charge in [-0.1, -0.05) is 146 Å². The normalized spacial score (nSPS) is 12.1. The van der Waals surface area contributed by atoms with Crippen LogP contribution in [0.1, 0.15) is 0 Å². The van der Waals surface area contributed by atoms with E-state index in [1.54, 1.807) is 0 Å². The van der Waals surface area contributed by atoms with Crippen LogP contribution in [0.2, 0.25) is 0 Å². The molecule has 284 valence electrons. The van der Waals surface area contributed by atoms with Crippen LogP contribution in [-0.2, 0) is 0 Å². The molecule has 6 heteroatoms. The summed E-state index contributed by atoms with van der Waals surface area (Å²) in [5, 5.41) is 7.01. The third-order valence-electron chi connectivity index (χ3n) is 12.2. The van der Waals surface area contributed by atoms with Crippen molar-refractivity contribution in [3.8, 4) is 68.2 Å². The zero-order chi connectivity index (χ0) is 40.0. The lowest BCUT2D eigenvalue weighted by Crippen LogP contribution is -2.06. The van der Waals surface area contributed by atoms with E-state index in [1.807, 2.05) is 60.7 Å². The van der Waals surface area contributed by atoms with Gasteiger partial charge in [-0.15, -0.1) is 0 Å². The van der Waals surface area contributed by atoms with Crippen LogP contribution < -0.4 is 4.74 Å². The number of hydrogen-bond acceptors (Lipinski definition) is 4. The summed E-state index contributed by atoms with van der Waals surface area (Å²) in [5.74, 6) is 3.50. The van der Waals surface area contributed by atoms with Crippen molar-refractivity contribution >= 4 is 54.4 Å². The predicted octanol–water partition coefficient (Wildman–Crippen LogP) is 14.0. The Labute approximate surface area is 350 Å². The molecule has 0 unspecified atom stereocenters. The van der Waals surface area contributed by atoms with Crippen LogP contribution in [0, 0.1) is 0 Å². The first-order chi connectivity index (χ1) is 30.3. The Hall–Kier alpha value is -8.35. The number of ether oxygens (including phenoxy) is 1. The molecule has 0 radical (unpaired) electrons. The summed E-state index contributed by atoms with van der Waals surface area (Å²) < 4.78 is 11.5. The number of benzene rings is 9. The molecule has 0 amide bonds. The average Bonchev–Trinajstić information content (AvgIpc) is 3.85. The van der Waals surface area contributed by atoms with Crippen molar-refractivity contribution in [1.29, 1.82) is 0 Å². The van der Waals surface area contributed by atoms with Crippen molar-refractivity contribution in [2.24, 2.45) is 0 Å². The van der Waals surface area contributed by atoms with E-state index in [0.717, 1.165) is 72.2 Å². The third kappa shape index (κ3) is 5.06. The SMILES string of the molecule is c1ccc(-c2nc(-c3ccccc3)nc(-n3c4ccccc4c4c(-c5ccc6c(c5)Oc5cccc7c5c-6cc5c7c6ccccc6n5-c5ccccc5)cccc43)n2)cc1. The number of rotatable bonds is 5. The van der Waals surface area contributed by atoms with Crippen LogP contribution in [0.25, 0.3) is 111 Å². The summed E-state index contributed by atoms with van der Waals surface area (Å²) in [6.07, 6.45) is 0. The Morgan fingerprint density at radius 3 is 1.64 bits per heavy atom. The van der Waals surface area contributed by atoms with Crippen molar-refractivity contribution in [3.05, 3.63) is 200 Å². The Morgan fingerprint density at radius 2 is 0.918 bits per heavy atom. The lowest BCUT2D eigenvalue weighted by molar-refractivity contribution is 0.487. The Balaban J connectivity index is 1.02. The first-order valence-corrected chi connectivity index (χ1v) is 20.5. The summed E-state index contributed by atoms with van der Waals surface area (Å²) in [5.41, 5.74) is 11.8. The minimum Gasteiger partial charge on any atom is -0.456 e. The van der Waals surface area contributed by atoms with E-state index in [2.05, 4.69) is 149 Å². The maximum atomic E-state index is 6.91. The molecule has 0 spiro atoms.